The number of halogens is 1. The smallest absolute Gasteiger partial charge is 0.251 e. The standard InChI is InChI=1S/C14H16ClN3OS/c1-3-16-13-7-10(6-9(2)18-13)14(19)17-8-11-4-5-12(15)20-11/h4-7H,3,8H2,1-2H3,(H,16,18)(H,17,19). The summed E-state index contributed by atoms with van der Waals surface area (Å²) in [7, 11) is 0. The number of aromatic nitrogens is 1. The highest BCUT2D eigenvalue weighted by Crippen LogP contribution is 2.21. The molecule has 0 saturated carbocycles. The maximum absolute atomic E-state index is 12.1. The van der Waals surface area contributed by atoms with E-state index in [1.165, 1.54) is 11.3 Å². The number of pyridine rings is 1. The Bertz CT molecular complexity index is 612. The van der Waals surface area contributed by atoms with Crippen molar-refractivity contribution in [2.75, 3.05) is 11.9 Å². The van der Waals surface area contributed by atoms with Crippen molar-refractivity contribution in [3.63, 3.8) is 0 Å². The maximum atomic E-state index is 12.1. The fourth-order valence-electron chi connectivity index (χ4n) is 1.79. The Kier molecular flexibility index (Phi) is 4.98. The van der Waals surface area contributed by atoms with Gasteiger partial charge in [0.2, 0.25) is 0 Å². The highest BCUT2D eigenvalue weighted by Gasteiger charge is 2.09. The number of nitrogens with one attached hydrogen (secondary N) is 2. The maximum Gasteiger partial charge on any atom is 0.251 e. The van der Waals surface area contributed by atoms with Crippen molar-refractivity contribution in [3.8, 4) is 0 Å². The van der Waals surface area contributed by atoms with Gasteiger partial charge in [-0.1, -0.05) is 11.6 Å². The average molecular weight is 310 g/mol. The molecule has 1 amide bonds. The largest absolute Gasteiger partial charge is 0.370 e. The van der Waals surface area contributed by atoms with Gasteiger partial charge in [-0.3, -0.25) is 4.79 Å². The van der Waals surface area contributed by atoms with E-state index in [4.69, 9.17) is 11.6 Å². The van der Waals surface area contributed by atoms with Crippen LogP contribution in [0.1, 0.15) is 27.9 Å². The Hall–Kier alpha value is -1.59. The van der Waals surface area contributed by atoms with E-state index in [0.29, 0.717) is 12.1 Å². The number of nitrogens with zero attached hydrogens (tertiary/aromatic N) is 1. The van der Waals surface area contributed by atoms with Gasteiger partial charge in [0.15, 0.2) is 0 Å². The van der Waals surface area contributed by atoms with Crippen LogP contribution in [-0.2, 0) is 6.54 Å². The minimum Gasteiger partial charge on any atom is -0.370 e. The summed E-state index contributed by atoms with van der Waals surface area (Å²) in [5.41, 5.74) is 1.42. The van der Waals surface area contributed by atoms with Crippen LogP contribution in [-0.4, -0.2) is 17.4 Å². The summed E-state index contributed by atoms with van der Waals surface area (Å²) in [6.07, 6.45) is 0. The molecule has 6 heteroatoms. The normalized spacial score (nSPS) is 10.3. The lowest BCUT2D eigenvalue weighted by Gasteiger charge is -2.08. The zero-order valence-corrected chi connectivity index (χ0v) is 12.9. The quantitative estimate of drug-likeness (QED) is 0.889. The molecule has 0 aliphatic heterocycles. The molecular weight excluding hydrogens is 294 g/mol. The molecule has 0 saturated heterocycles. The number of thiophene rings is 1. The summed E-state index contributed by atoms with van der Waals surface area (Å²) in [6, 6.07) is 7.27. The Morgan fingerprint density at radius 3 is 2.85 bits per heavy atom. The second-order valence-corrected chi connectivity index (χ2v) is 6.10. The number of aryl methyl sites for hydroxylation is 1. The first-order valence-corrected chi connectivity index (χ1v) is 7.53. The summed E-state index contributed by atoms with van der Waals surface area (Å²) in [5.74, 6) is 0.607. The van der Waals surface area contributed by atoms with Crippen LogP contribution in [0.4, 0.5) is 5.82 Å². The summed E-state index contributed by atoms with van der Waals surface area (Å²) >= 11 is 7.32. The summed E-state index contributed by atoms with van der Waals surface area (Å²) in [6.45, 7) is 5.11. The van der Waals surface area contributed by atoms with Crippen LogP contribution >= 0.6 is 22.9 Å². The molecule has 2 rings (SSSR count). The lowest BCUT2D eigenvalue weighted by molar-refractivity contribution is 0.0951. The summed E-state index contributed by atoms with van der Waals surface area (Å²) < 4.78 is 0.725. The molecule has 0 atom stereocenters. The molecule has 20 heavy (non-hydrogen) atoms. The number of hydrogen-bond acceptors (Lipinski definition) is 4. The van der Waals surface area contributed by atoms with E-state index < -0.39 is 0 Å². The van der Waals surface area contributed by atoms with Crippen LogP contribution < -0.4 is 10.6 Å². The Balaban J connectivity index is 2.04. The van der Waals surface area contributed by atoms with Gasteiger partial charge in [-0.25, -0.2) is 4.98 Å². The van der Waals surface area contributed by atoms with Gasteiger partial charge in [0, 0.05) is 22.7 Å². The highest BCUT2D eigenvalue weighted by molar-refractivity contribution is 7.16. The van der Waals surface area contributed by atoms with Crippen molar-refractivity contribution in [2.24, 2.45) is 0 Å². The minimum absolute atomic E-state index is 0.112. The molecular formula is C14H16ClN3OS. The molecule has 2 aromatic rings. The second kappa shape index (κ2) is 6.72. The lowest BCUT2D eigenvalue weighted by Crippen LogP contribution is -2.22. The third-order valence-electron chi connectivity index (χ3n) is 2.63. The highest BCUT2D eigenvalue weighted by atomic mass is 35.5. The van der Waals surface area contributed by atoms with Gasteiger partial charge in [-0.05, 0) is 38.1 Å². The first kappa shape index (κ1) is 14.8. The predicted octanol–water partition coefficient (Wildman–Crippen LogP) is 3.47. The molecule has 2 aromatic heterocycles. The van der Waals surface area contributed by atoms with Crippen molar-refractivity contribution < 1.29 is 4.79 Å². The molecule has 2 heterocycles. The molecule has 0 aromatic carbocycles. The van der Waals surface area contributed by atoms with E-state index in [1.807, 2.05) is 26.0 Å². The lowest BCUT2D eigenvalue weighted by atomic mass is 10.2. The molecule has 0 spiro atoms. The number of rotatable bonds is 5. The summed E-state index contributed by atoms with van der Waals surface area (Å²) in [4.78, 5) is 17.5. The Morgan fingerprint density at radius 2 is 2.20 bits per heavy atom. The first-order valence-electron chi connectivity index (χ1n) is 6.33. The van der Waals surface area contributed by atoms with Crippen molar-refractivity contribution >= 4 is 34.7 Å². The van der Waals surface area contributed by atoms with Gasteiger partial charge in [-0.2, -0.15) is 0 Å². The monoisotopic (exact) mass is 309 g/mol. The van der Waals surface area contributed by atoms with E-state index >= 15 is 0 Å². The van der Waals surface area contributed by atoms with Crippen molar-refractivity contribution in [1.82, 2.24) is 10.3 Å². The molecule has 0 unspecified atom stereocenters. The topological polar surface area (TPSA) is 54.0 Å². The van der Waals surface area contributed by atoms with E-state index in [0.717, 1.165) is 27.3 Å². The minimum atomic E-state index is -0.112. The van der Waals surface area contributed by atoms with Crippen molar-refractivity contribution in [2.45, 2.75) is 20.4 Å². The van der Waals surface area contributed by atoms with E-state index in [9.17, 15) is 4.79 Å². The third-order valence-corrected chi connectivity index (χ3v) is 3.86. The first-order chi connectivity index (χ1) is 9.58. The van der Waals surface area contributed by atoms with Crippen LogP contribution in [0.3, 0.4) is 0 Å². The van der Waals surface area contributed by atoms with E-state index in [-0.39, 0.29) is 5.91 Å². The number of carbonyl (C=O) groups is 1. The Morgan fingerprint density at radius 1 is 1.40 bits per heavy atom. The molecule has 2 N–H and O–H groups in total. The van der Waals surface area contributed by atoms with Gasteiger partial charge >= 0.3 is 0 Å². The van der Waals surface area contributed by atoms with Gasteiger partial charge < -0.3 is 10.6 Å². The average Bonchev–Trinajstić information content (AvgIpc) is 2.81. The predicted molar refractivity (Wildman–Crippen MR) is 83.6 cm³/mol. The van der Waals surface area contributed by atoms with Crippen LogP contribution in [0.2, 0.25) is 4.34 Å². The molecule has 0 aliphatic rings. The van der Waals surface area contributed by atoms with Crippen LogP contribution in [0.15, 0.2) is 24.3 Å². The zero-order chi connectivity index (χ0) is 14.5. The third kappa shape index (κ3) is 3.95. The van der Waals surface area contributed by atoms with E-state index in [2.05, 4.69) is 15.6 Å². The molecule has 0 fully saturated rings. The molecule has 106 valence electrons. The molecule has 0 aliphatic carbocycles. The van der Waals surface area contributed by atoms with Crippen LogP contribution in [0.5, 0.6) is 0 Å². The second-order valence-electron chi connectivity index (χ2n) is 4.30. The van der Waals surface area contributed by atoms with Crippen LogP contribution in [0, 0.1) is 6.92 Å². The van der Waals surface area contributed by atoms with Gasteiger partial charge in [-0.15, -0.1) is 11.3 Å². The molecule has 0 bridgehead atoms. The number of hydrogen-bond donors (Lipinski definition) is 2. The Labute approximate surface area is 127 Å². The summed E-state index contributed by atoms with van der Waals surface area (Å²) in [5, 5.41) is 6.00. The number of amides is 1. The molecule has 0 radical (unpaired) electrons. The van der Waals surface area contributed by atoms with Crippen molar-refractivity contribution in [3.05, 3.63) is 44.7 Å². The number of carbonyl (C=O) groups excluding carboxylic acids is 1. The van der Waals surface area contributed by atoms with Crippen molar-refractivity contribution in [1.29, 1.82) is 0 Å². The van der Waals surface area contributed by atoms with Gasteiger partial charge in [0.1, 0.15) is 5.82 Å². The fourth-order valence-corrected chi connectivity index (χ4v) is 2.81. The van der Waals surface area contributed by atoms with E-state index in [1.54, 1.807) is 12.1 Å². The molecule has 4 nitrogen and oxygen atoms in total. The van der Waals surface area contributed by atoms with Crippen LogP contribution in [0.25, 0.3) is 0 Å². The fraction of sp³-hybridized carbons (Fsp3) is 0.286. The number of anilines is 1. The SMILES string of the molecule is CCNc1cc(C(=O)NCc2ccc(Cl)s2)cc(C)n1. The van der Waals surface area contributed by atoms with Gasteiger partial charge in [0.25, 0.3) is 5.91 Å². The van der Waals surface area contributed by atoms with Gasteiger partial charge in [0.05, 0.1) is 10.9 Å². The zero-order valence-electron chi connectivity index (χ0n) is 11.4.